The van der Waals surface area contributed by atoms with Crippen molar-refractivity contribution in [2.24, 2.45) is 0 Å². The Morgan fingerprint density at radius 2 is 1.25 bits per heavy atom. The Bertz CT molecular complexity index is 8.00. The molecule has 28 valence electrons. The molecular formula is H2BCrCuMo. The predicted octanol–water partition coefficient (Wildman–Crippen LogP) is -0.924. The Morgan fingerprint density at radius 1 is 1.25 bits per heavy atom. The third-order valence-electron chi connectivity index (χ3n) is 0. The first kappa shape index (κ1) is 17.0. The molecule has 4 heavy (non-hydrogen) atoms. The summed E-state index contributed by atoms with van der Waals surface area (Å²) in [6, 6.07) is 0. The molecule has 0 atom stereocenters. The third kappa shape index (κ3) is 9.19. The summed E-state index contributed by atoms with van der Waals surface area (Å²) >= 11 is 1.95. The van der Waals surface area contributed by atoms with Crippen LogP contribution in [-0.4, -0.2) is 6.11 Å². The molecule has 4 heteroatoms. The maximum atomic E-state index is 2.01. The van der Waals surface area contributed by atoms with Crippen molar-refractivity contribution in [2.75, 3.05) is 0 Å². The molecule has 0 aliphatic heterocycles. The van der Waals surface area contributed by atoms with Crippen LogP contribution in [0, 0.1) is 0 Å². The Kier molecular flexibility index (Phi) is 90.9. The van der Waals surface area contributed by atoms with Crippen LogP contribution in [0.3, 0.4) is 0 Å². The van der Waals surface area contributed by atoms with E-state index in [0.717, 1.165) is 0 Å². The smallest absolute Gasteiger partial charge is 0 e. The van der Waals surface area contributed by atoms with Crippen molar-refractivity contribution in [3.63, 3.8) is 0 Å². The van der Waals surface area contributed by atoms with Gasteiger partial charge >= 0.3 is 25.7 Å². The minimum absolute atomic E-state index is 0. The molecule has 0 aromatic heterocycles. The fourth-order valence-electron chi connectivity index (χ4n) is 0. The molecule has 0 aliphatic rings. The third-order valence-corrected chi connectivity index (χ3v) is 0. The molecule has 0 amide bonds. The zero-order valence-electron chi connectivity index (χ0n) is 2.12. The zero-order valence-corrected chi connectivity index (χ0v) is 6.34. The van der Waals surface area contributed by atoms with Crippen LogP contribution in [0.1, 0.15) is 0 Å². The summed E-state index contributed by atoms with van der Waals surface area (Å²) in [6.45, 7) is 0. The molecule has 0 aromatic rings. The van der Waals surface area contributed by atoms with Crippen LogP contribution in [0.5, 0.6) is 0 Å². The second-order valence-corrected chi connectivity index (χ2v) is 0. The van der Waals surface area contributed by atoms with Gasteiger partial charge in [-0.05, 0) is 0 Å². The van der Waals surface area contributed by atoms with Crippen LogP contribution < -0.4 is 0 Å². The summed E-state index contributed by atoms with van der Waals surface area (Å²) in [5.74, 6) is 0. The van der Waals surface area contributed by atoms with Gasteiger partial charge in [0, 0.05) is 34.4 Å². The van der Waals surface area contributed by atoms with Crippen molar-refractivity contribution in [1.82, 2.24) is 0 Å². The first-order valence-electron chi connectivity index (χ1n) is 0.408. The maximum Gasteiger partial charge on any atom is 0 e. The molecule has 1 radical (unpaired) electrons. The number of hydrogen-bond donors (Lipinski definition) is 0. The summed E-state index contributed by atoms with van der Waals surface area (Å²) < 4.78 is 0. The normalized spacial score (nSPS) is 1.00. The van der Waals surface area contributed by atoms with Gasteiger partial charge in [0.25, 0.3) is 0 Å². The van der Waals surface area contributed by atoms with Crippen LogP contribution in [0.25, 0.3) is 0 Å². The van der Waals surface area contributed by atoms with Crippen molar-refractivity contribution >= 4 is 6.11 Å². The van der Waals surface area contributed by atoms with Gasteiger partial charge in [0.1, 0.15) is 0 Å². The topological polar surface area (TPSA) is 0 Å². The van der Waals surface area contributed by atoms with Gasteiger partial charge in [0.05, 0.1) is 0 Å². The summed E-state index contributed by atoms with van der Waals surface area (Å²) in [7, 11) is 0. The first-order chi connectivity index (χ1) is 1.00. The Balaban J connectivity index is -0.00000000500. The van der Waals surface area contributed by atoms with E-state index in [9.17, 15) is 0 Å². The van der Waals surface area contributed by atoms with E-state index in [-0.39, 0.29) is 34.4 Å². The van der Waals surface area contributed by atoms with E-state index in [1.807, 2.05) is 25.7 Å². The van der Waals surface area contributed by atoms with Crippen molar-refractivity contribution in [1.29, 1.82) is 0 Å². The van der Waals surface area contributed by atoms with E-state index in [4.69, 9.17) is 0 Å². The molecule has 0 fully saturated rings. The van der Waals surface area contributed by atoms with E-state index < -0.39 is 0 Å². The molecule has 0 aliphatic carbocycles. The van der Waals surface area contributed by atoms with Gasteiger partial charge in [-0.1, -0.05) is 0 Å². The summed E-state index contributed by atoms with van der Waals surface area (Å²) in [5, 5.41) is 0. The largest absolute Gasteiger partial charge is 0 e. The van der Waals surface area contributed by atoms with Crippen molar-refractivity contribution in [3.05, 3.63) is 0 Å². The fraction of sp³-hybridized carbons (Fsp3) is 0. The molecule has 0 unspecified atom stereocenters. The van der Waals surface area contributed by atoms with E-state index in [0.29, 0.717) is 0 Å². The van der Waals surface area contributed by atoms with E-state index in [1.54, 1.807) is 0 Å². The maximum absolute atomic E-state index is 2.01. The van der Waals surface area contributed by atoms with E-state index in [1.165, 1.54) is 0 Å². The molecule has 0 saturated heterocycles. The van der Waals surface area contributed by atoms with Gasteiger partial charge in [0.2, 0.25) is 0 Å². The van der Waals surface area contributed by atoms with Gasteiger partial charge < -0.3 is 0 Å². The summed E-state index contributed by atoms with van der Waals surface area (Å²) in [5.41, 5.74) is 0. The minimum Gasteiger partial charge on any atom is 0 e. The first-order valence-corrected chi connectivity index (χ1v) is 2.42. The van der Waals surface area contributed by atoms with E-state index >= 15 is 0 Å². The molecule has 0 aromatic carbocycles. The average Bonchev–Trinajstić information content (AvgIpc) is 1.00. The van der Waals surface area contributed by atoms with E-state index in [2.05, 4.69) is 0 Å². The fourth-order valence-corrected chi connectivity index (χ4v) is 0. The van der Waals surface area contributed by atoms with Gasteiger partial charge in [-0.25, -0.2) is 0 Å². The molecule has 0 spiro atoms. The molecule has 0 bridgehead atoms. The molecule has 0 nitrogen and oxygen atoms in total. The summed E-state index contributed by atoms with van der Waals surface area (Å²) in [6.07, 6.45) is 2.01. The Morgan fingerprint density at radius 3 is 1.25 bits per heavy atom. The monoisotopic (exact) mass is 226 g/mol. The van der Waals surface area contributed by atoms with Gasteiger partial charge in [0.15, 0.2) is 0 Å². The predicted molar refractivity (Wildman–Crippen MR) is 8.54 cm³/mol. The van der Waals surface area contributed by atoms with Gasteiger partial charge in [-0.2, -0.15) is 0 Å². The quantitative estimate of drug-likeness (QED) is 0.467. The van der Waals surface area contributed by atoms with Crippen molar-refractivity contribution < 1.29 is 54.0 Å². The standard InChI is InChI=1S/BH2.Cr.Cu.Mo/h1H2;;;/q+1;;;-1. The summed E-state index contributed by atoms with van der Waals surface area (Å²) in [4.78, 5) is 0. The Hall–Kier alpha value is 1.81. The molecule has 0 heterocycles. The molecule has 0 saturated carbocycles. The van der Waals surface area contributed by atoms with Crippen LogP contribution in [0.4, 0.5) is 0 Å². The molecular weight excluding hydrogens is 222 g/mol. The van der Waals surface area contributed by atoms with Crippen molar-refractivity contribution in [2.45, 2.75) is 0 Å². The SMILES string of the molecule is [BH2][Mo].[Cr].[Cu]. The second-order valence-electron chi connectivity index (χ2n) is 0. The second kappa shape index (κ2) is 21.4. The van der Waals surface area contributed by atoms with Crippen LogP contribution in [0.15, 0.2) is 0 Å². The number of hydrogen-bond acceptors (Lipinski definition) is 0. The van der Waals surface area contributed by atoms with Gasteiger partial charge in [-0.3, -0.25) is 0 Å². The van der Waals surface area contributed by atoms with Crippen molar-refractivity contribution in [3.8, 4) is 0 Å². The molecule has 0 N–H and O–H groups in total. The minimum atomic E-state index is 0. The Labute approximate surface area is 59.8 Å². The van der Waals surface area contributed by atoms with Gasteiger partial charge in [-0.15, -0.1) is 0 Å². The number of rotatable bonds is 0. The van der Waals surface area contributed by atoms with Crippen LogP contribution in [-0.2, 0) is 54.0 Å². The van der Waals surface area contributed by atoms with Crippen LogP contribution >= 0.6 is 0 Å². The van der Waals surface area contributed by atoms with Crippen LogP contribution in [0.2, 0.25) is 0 Å². The average molecular weight is 224 g/mol. The zero-order chi connectivity index (χ0) is 2.00. The molecule has 0 rings (SSSR count).